The van der Waals surface area contributed by atoms with Crippen LogP contribution in [0.5, 0.6) is 0 Å². The van der Waals surface area contributed by atoms with Crippen LogP contribution in [0.15, 0.2) is 34.9 Å². The average molecular weight is 275 g/mol. The van der Waals surface area contributed by atoms with Gasteiger partial charge < -0.3 is 0 Å². The van der Waals surface area contributed by atoms with Crippen LogP contribution in [0.2, 0.25) is 5.15 Å². The first-order valence-electron chi connectivity index (χ1n) is 4.65. The first-order valence-corrected chi connectivity index (χ1v) is 6.51. The van der Waals surface area contributed by atoms with Crippen molar-refractivity contribution in [2.75, 3.05) is 0 Å². The molecule has 0 unspecified atom stereocenters. The third-order valence-corrected chi connectivity index (χ3v) is 3.46. The Kier molecular flexibility index (Phi) is 4.25. The van der Waals surface area contributed by atoms with E-state index in [1.807, 2.05) is 4.72 Å². The number of aromatic nitrogens is 1. The normalized spacial score (nSPS) is 10.8. The molecule has 0 aliphatic carbocycles. The Balaban J connectivity index is 3.03. The minimum atomic E-state index is -3.97. The van der Waals surface area contributed by atoms with E-state index < -0.39 is 15.9 Å². The lowest BCUT2D eigenvalue weighted by Gasteiger charge is -2.05. The van der Waals surface area contributed by atoms with Crippen LogP contribution in [-0.4, -0.2) is 19.3 Å². The third-order valence-electron chi connectivity index (χ3n) is 1.67. The molecule has 0 atom stereocenters. The maximum absolute atomic E-state index is 11.8. The molecule has 0 fully saturated rings. The molecule has 1 rings (SSSR count). The van der Waals surface area contributed by atoms with Crippen LogP contribution in [0.25, 0.3) is 0 Å². The molecule has 1 heterocycles. The highest BCUT2D eigenvalue weighted by molar-refractivity contribution is 7.90. The Bertz CT molecular complexity index is 563. The van der Waals surface area contributed by atoms with Gasteiger partial charge in [-0.2, -0.15) is 0 Å². The summed E-state index contributed by atoms with van der Waals surface area (Å²) in [7, 11) is -3.97. The molecule has 1 aromatic heterocycles. The van der Waals surface area contributed by atoms with Gasteiger partial charge in [0.15, 0.2) is 0 Å². The van der Waals surface area contributed by atoms with Crippen LogP contribution in [0.3, 0.4) is 0 Å². The molecule has 0 radical (unpaired) electrons. The maximum atomic E-state index is 11.8. The lowest BCUT2D eigenvalue weighted by atomic mass is 10.3. The van der Waals surface area contributed by atoms with Gasteiger partial charge in [-0.1, -0.05) is 17.2 Å². The summed E-state index contributed by atoms with van der Waals surface area (Å²) in [5, 5.41) is -0.176. The predicted octanol–water partition coefficient (Wildman–Crippen LogP) is 1.51. The van der Waals surface area contributed by atoms with Crippen LogP contribution >= 0.6 is 11.6 Å². The van der Waals surface area contributed by atoms with E-state index in [0.29, 0.717) is 5.57 Å². The fourth-order valence-corrected chi connectivity index (χ4v) is 2.44. The highest BCUT2D eigenvalue weighted by Gasteiger charge is 2.19. The van der Waals surface area contributed by atoms with Crippen LogP contribution in [0, 0.1) is 0 Å². The van der Waals surface area contributed by atoms with E-state index in [9.17, 15) is 13.2 Å². The van der Waals surface area contributed by atoms with Gasteiger partial charge in [0, 0.05) is 12.3 Å². The highest BCUT2D eigenvalue weighted by Crippen LogP contribution is 2.17. The second-order valence-electron chi connectivity index (χ2n) is 3.48. The molecular formula is C10H11ClN2O3S. The number of amides is 1. The Labute approximate surface area is 105 Å². The maximum Gasteiger partial charge on any atom is 0.267 e. The van der Waals surface area contributed by atoms with E-state index >= 15 is 0 Å². The number of carbonyl (C=O) groups excluding carboxylic acids is 1. The number of carbonyl (C=O) groups is 1. The number of hydrogen-bond acceptors (Lipinski definition) is 4. The molecule has 1 amide bonds. The van der Waals surface area contributed by atoms with Crippen molar-refractivity contribution in [3.05, 3.63) is 35.1 Å². The summed E-state index contributed by atoms with van der Waals surface area (Å²) >= 11 is 5.64. The van der Waals surface area contributed by atoms with Crippen LogP contribution in [-0.2, 0) is 14.8 Å². The van der Waals surface area contributed by atoms with Crippen LogP contribution in [0.4, 0.5) is 0 Å². The minimum absolute atomic E-state index is 0.176. The van der Waals surface area contributed by atoms with Crippen LogP contribution in [0.1, 0.15) is 13.8 Å². The number of pyridine rings is 1. The fourth-order valence-electron chi connectivity index (χ4n) is 1.05. The lowest BCUT2D eigenvalue weighted by molar-refractivity contribution is -0.114. The van der Waals surface area contributed by atoms with Crippen molar-refractivity contribution in [2.24, 2.45) is 0 Å². The van der Waals surface area contributed by atoms with Crippen LogP contribution < -0.4 is 4.72 Å². The van der Waals surface area contributed by atoms with Gasteiger partial charge in [0.1, 0.15) is 10.0 Å². The second-order valence-corrected chi connectivity index (χ2v) is 5.49. The molecule has 92 valence electrons. The van der Waals surface area contributed by atoms with Crippen molar-refractivity contribution in [3.63, 3.8) is 0 Å². The van der Waals surface area contributed by atoms with E-state index in [2.05, 4.69) is 4.98 Å². The number of sulfonamides is 1. The summed E-state index contributed by atoms with van der Waals surface area (Å²) in [6, 6.07) is 2.69. The Morgan fingerprint density at radius 1 is 1.47 bits per heavy atom. The Morgan fingerprint density at radius 3 is 2.65 bits per heavy atom. The number of nitrogens with zero attached hydrogens (tertiary/aromatic N) is 1. The van der Waals surface area contributed by atoms with E-state index in [-0.39, 0.29) is 10.0 Å². The zero-order valence-electron chi connectivity index (χ0n) is 9.27. The van der Waals surface area contributed by atoms with Gasteiger partial charge in [0.05, 0.1) is 0 Å². The van der Waals surface area contributed by atoms with Crippen molar-refractivity contribution in [2.45, 2.75) is 18.7 Å². The number of nitrogens with one attached hydrogen (secondary N) is 1. The number of allylic oxidation sites excluding steroid dienone is 1. The van der Waals surface area contributed by atoms with E-state index in [0.717, 1.165) is 0 Å². The molecule has 0 saturated carbocycles. The van der Waals surface area contributed by atoms with Gasteiger partial charge in [-0.15, -0.1) is 0 Å². The number of rotatable bonds is 3. The van der Waals surface area contributed by atoms with Gasteiger partial charge in [-0.05, 0) is 26.0 Å². The molecule has 7 heteroatoms. The largest absolute Gasteiger partial charge is 0.269 e. The number of hydrogen-bond donors (Lipinski definition) is 1. The summed E-state index contributed by atoms with van der Waals surface area (Å²) in [5.41, 5.74) is 0.690. The lowest BCUT2D eigenvalue weighted by Crippen LogP contribution is -2.29. The van der Waals surface area contributed by atoms with Gasteiger partial charge >= 0.3 is 0 Å². The zero-order valence-corrected chi connectivity index (χ0v) is 10.8. The first-order chi connectivity index (χ1) is 7.83. The summed E-state index contributed by atoms with van der Waals surface area (Å²) in [6.45, 7) is 3.37. The standard InChI is InChI=1S/C10H11ClN2O3S/c1-7(2)6-9(14)13-17(15,16)8-4-3-5-12-10(8)11/h3-6H,1-2H3,(H,13,14). The number of halogens is 1. The van der Waals surface area contributed by atoms with E-state index in [1.54, 1.807) is 13.8 Å². The molecular weight excluding hydrogens is 264 g/mol. The summed E-state index contributed by atoms with van der Waals surface area (Å²) < 4.78 is 25.4. The van der Waals surface area contributed by atoms with Crippen molar-refractivity contribution < 1.29 is 13.2 Å². The Morgan fingerprint density at radius 2 is 2.12 bits per heavy atom. The van der Waals surface area contributed by atoms with Gasteiger partial charge in [0.25, 0.3) is 15.9 Å². The predicted molar refractivity (Wildman–Crippen MR) is 64.0 cm³/mol. The third kappa shape index (κ3) is 3.83. The minimum Gasteiger partial charge on any atom is -0.269 e. The quantitative estimate of drug-likeness (QED) is 0.669. The van der Waals surface area contributed by atoms with Crippen molar-refractivity contribution in [1.29, 1.82) is 0 Å². The molecule has 0 aliphatic rings. The topological polar surface area (TPSA) is 76.1 Å². The second kappa shape index (κ2) is 5.29. The SMILES string of the molecule is CC(C)=CC(=O)NS(=O)(=O)c1cccnc1Cl. The zero-order chi connectivity index (χ0) is 13.1. The van der Waals surface area contributed by atoms with Gasteiger partial charge in [-0.25, -0.2) is 18.1 Å². The monoisotopic (exact) mass is 274 g/mol. The molecule has 0 saturated heterocycles. The van der Waals surface area contributed by atoms with Crippen molar-refractivity contribution in [3.8, 4) is 0 Å². The molecule has 17 heavy (non-hydrogen) atoms. The first kappa shape index (κ1) is 13.7. The average Bonchev–Trinajstić information content (AvgIpc) is 2.15. The van der Waals surface area contributed by atoms with Crippen molar-refractivity contribution in [1.82, 2.24) is 9.71 Å². The molecule has 0 aliphatic heterocycles. The molecule has 5 nitrogen and oxygen atoms in total. The summed E-state index contributed by atoms with van der Waals surface area (Å²) in [4.78, 5) is 14.7. The fraction of sp³-hybridized carbons (Fsp3) is 0.200. The molecule has 0 bridgehead atoms. The van der Waals surface area contributed by atoms with Gasteiger partial charge in [-0.3, -0.25) is 4.79 Å². The Hall–Kier alpha value is -1.40. The molecule has 0 spiro atoms. The van der Waals surface area contributed by atoms with E-state index in [4.69, 9.17) is 11.6 Å². The smallest absolute Gasteiger partial charge is 0.267 e. The molecule has 1 N–H and O–H groups in total. The van der Waals surface area contributed by atoms with E-state index in [1.165, 1.54) is 24.4 Å². The van der Waals surface area contributed by atoms with Gasteiger partial charge in [0.2, 0.25) is 0 Å². The highest BCUT2D eigenvalue weighted by atomic mass is 35.5. The molecule has 0 aromatic carbocycles. The summed E-state index contributed by atoms with van der Waals surface area (Å²) in [6.07, 6.45) is 2.54. The van der Waals surface area contributed by atoms with Crippen molar-refractivity contribution >= 4 is 27.5 Å². The summed E-state index contributed by atoms with van der Waals surface area (Å²) in [5.74, 6) is -0.718. The molecule has 1 aromatic rings.